The van der Waals surface area contributed by atoms with Gasteiger partial charge >= 0.3 is 34.7 Å². The molecule has 1 aliphatic heterocycles. The lowest BCUT2D eigenvalue weighted by atomic mass is 9.89. The molecule has 5 rings (SSSR count). The second-order valence-corrected chi connectivity index (χ2v) is 13.4. The molecule has 0 radical (unpaired) electrons. The van der Waals surface area contributed by atoms with E-state index >= 15 is 0 Å². The monoisotopic (exact) mass is 883 g/mol. The number of hydrogen-bond acceptors (Lipinski definition) is 15. The van der Waals surface area contributed by atoms with Gasteiger partial charge in [-0.05, 0) is 71.8 Å². The molecule has 3 unspecified atom stereocenters. The molecule has 3 aromatic rings. The van der Waals surface area contributed by atoms with Crippen molar-refractivity contribution in [1.29, 1.82) is 5.41 Å². The van der Waals surface area contributed by atoms with Crippen molar-refractivity contribution in [3.05, 3.63) is 99.2 Å². The van der Waals surface area contributed by atoms with Crippen LogP contribution in [0.25, 0.3) is 43.9 Å². The number of nitrogens with zero attached hydrogens (tertiary/aromatic N) is 3. The van der Waals surface area contributed by atoms with E-state index in [0.717, 1.165) is 6.07 Å². The molecular formula is C36H33N7O16S2. The number of carboxylic acids is 2. The van der Waals surface area contributed by atoms with Crippen LogP contribution in [0, 0.1) is 5.41 Å². The topological polar surface area (TPSA) is 365 Å². The summed E-state index contributed by atoms with van der Waals surface area (Å²) in [6.45, 7) is -1.10. The molecule has 0 fully saturated rings. The van der Waals surface area contributed by atoms with E-state index in [-0.39, 0.29) is 94.5 Å². The van der Waals surface area contributed by atoms with Gasteiger partial charge in [-0.15, -0.1) is 0 Å². The number of anilines is 1. The molecule has 1 heterocycles. The SMILES string of the molecule is [N-]=[N+]=NC(COc1cccc(C(=O)NCCNC(=O)c2ccc(C(=O)O)c(-c3c4ccc(=N)c(OS(=O)O)c-4oc4c(OS(=O)O)c(N)ccc34)c2)c1)OCCOCC(=O)O. The van der Waals surface area contributed by atoms with Gasteiger partial charge in [-0.3, -0.25) is 24.1 Å². The molecule has 0 saturated heterocycles. The third kappa shape index (κ3) is 11.5. The minimum absolute atomic E-state index is 0.0207. The van der Waals surface area contributed by atoms with Gasteiger partial charge in [0.1, 0.15) is 24.3 Å². The standard InChI is InChI=1S/C36H33N7O16S2/c37-25-8-6-22-29(23-7-9-26(38)33(59-61(52)53)31(23)57-30(22)32(25)58-60(50)51)24-15-19(4-5-21(24)36(48)49)35(47)41-11-10-40-34(46)18-2-1-3-20(14-18)56-16-27(42-43-39)55-13-12-54-17-28(44)45/h1-9,14-15,27,37H,10-13,16-17,38H2,(H,40,46)(H,41,47)(H,44,45)(H,48,49)(H,50,51)(H,52,53). The van der Waals surface area contributed by atoms with Crippen LogP contribution in [0.5, 0.6) is 17.2 Å². The number of fused-ring (bicyclic) bond motifs is 2. The summed E-state index contributed by atoms with van der Waals surface area (Å²) in [5, 5.41) is 35.5. The normalized spacial score (nSPS) is 12.4. The predicted molar refractivity (Wildman–Crippen MR) is 212 cm³/mol. The highest BCUT2D eigenvalue weighted by molar-refractivity contribution is 7.74. The summed E-state index contributed by atoms with van der Waals surface area (Å²) in [6.07, 6.45) is -1.09. The molecule has 0 spiro atoms. The van der Waals surface area contributed by atoms with Gasteiger partial charge in [0, 0.05) is 45.6 Å². The van der Waals surface area contributed by atoms with Gasteiger partial charge in [-0.2, -0.15) is 8.42 Å². The van der Waals surface area contributed by atoms with Crippen molar-refractivity contribution >= 4 is 63.1 Å². The number of carbonyl (C=O) groups is 4. The van der Waals surface area contributed by atoms with E-state index in [4.69, 9.17) is 48.8 Å². The van der Waals surface area contributed by atoms with E-state index < -0.39 is 76.2 Å². The lowest BCUT2D eigenvalue weighted by Crippen LogP contribution is -2.34. The molecule has 0 saturated carbocycles. The number of azide groups is 1. The lowest BCUT2D eigenvalue weighted by Gasteiger charge is -2.20. The Balaban J connectivity index is 1.34. The fraction of sp³-hybridized carbons (Fsp3) is 0.194. The molecule has 2 aliphatic rings. The number of ether oxygens (including phenoxy) is 3. The number of aromatic carboxylic acids is 1. The third-order valence-corrected chi connectivity index (χ3v) is 8.84. The number of nitrogens with two attached hydrogens (primary N) is 1. The summed E-state index contributed by atoms with van der Waals surface area (Å²) in [5.74, 6) is -5.01. The lowest BCUT2D eigenvalue weighted by molar-refractivity contribution is -0.143. The largest absolute Gasteiger partial charge is 0.491 e. The highest BCUT2D eigenvalue weighted by Gasteiger charge is 2.29. The smallest absolute Gasteiger partial charge is 0.357 e. The minimum atomic E-state index is -2.97. The molecule has 1 aliphatic carbocycles. The Bertz CT molecular complexity index is 2620. The van der Waals surface area contributed by atoms with E-state index in [1.54, 1.807) is 0 Å². The summed E-state index contributed by atoms with van der Waals surface area (Å²) in [4.78, 5) is 52.2. The van der Waals surface area contributed by atoms with Gasteiger partial charge in [0.15, 0.2) is 17.6 Å². The molecule has 0 aromatic heterocycles. The number of carbonyl (C=O) groups excluding carboxylic acids is 2. The average Bonchev–Trinajstić information content (AvgIpc) is 3.22. The summed E-state index contributed by atoms with van der Waals surface area (Å²) < 4.78 is 74.3. The second-order valence-electron chi connectivity index (χ2n) is 12.2. The van der Waals surface area contributed by atoms with Gasteiger partial charge in [0.25, 0.3) is 11.8 Å². The maximum absolute atomic E-state index is 13.5. The van der Waals surface area contributed by atoms with E-state index in [1.807, 2.05) is 0 Å². The first kappa shape index (κ1) is 45.0. The summed E-state index contributed by atoms with van der Waals surface area (Å²) >= 11 is -5.91. The van der Waals surface area contributed by atoms with Crippen LogP contribution in [-0.2, 0) is 37.0 Å². The summed E-state index contributed by atoms with van der Waals surface area (Å²) in [6, 6.07) is 14.8. The Morgan fingerprint density at radius 2 is 1.57 bits per heavy atom. The molecule has 3 aromatic carbocycles. The van der Waals surface area contributed by atoms with Crippen molar-refractivity contribution in [1.82, 2.24) is 10.6 Å². The Morgan fingerprint density at radius 3 is 2.23 bits per heavy atom. The van der Waals surface area contributed by atoms with Gasteiger partial charge in [0.05, 0.1) is 24.5 Å². The molecule has 25 heteroatoms. The van der Waals surface area contributed by atoms with E-state index in [2.05, 4.69) is 20.7 Å². The van der Waals surface area contributed by atoms with Crippen molar-refractivity contribution in [3.8, 4) is 39.7 Å². The molecule has 2 amide bonds. The molecule has 0 bridgehead atoms. The van der Waals surface area contributed by atoms with Crippen LogP contribution in [0.1, 0.15) is 31.1 Å². The maximum Gasteiger partial charge on any atom is 0.357 e. The first-order valence-corrected chi connectivity index (χ1v) is 19.3. The van der Waals surface area contributed by atoms with Gasteiger partial charge in [0.2, 0.25) is 11.5 Å². The Hall–Kier alpha value is -7.12. The average molecular weight is 884 g/mol. The van der Waals surface area contributed by atoms with Crippen LogP contribution in [0.3, 0.4) is 0 Å². The molecule has 3 atom stereocenters. The van der Waals surface area contributed by atoms with Crippen molar-refractivity contribution in [2.75, 3.05) is 45.3 Å². The van der Waals surface area contributed by atoms with E-state index in [0.29, 0.717) is 0 Å². The molecule has 23 nitrogen and oxygen atoms in total. The van der Waals surface area contributed by atoms with E-state index in [1.165, 1.54) is 60.7 Å². The first-order valence-electron chi connectivity index (χ1n) is 17.3. The minimum Gasteiger partial charge on any atom is -0.491 e. The number of nitrogens with one attached hydrogen (secondary N) is 3. The second kappa shape index (κ2) is 20.7. The van der Waals surface area contributed by atoms with Crippen LogP contribution in [0.4, 0.5) is 5.69 Å². The first-order chi connectivity index (χ1) is 29.2. The number of amides is 2. The fourth-order valence-electron chi connectivity index (χ4n) is 5.69. The van der Waals surface area contributed by atoms with Gasteiger partial charge in [-0.25, -0.2) is 9.59 Å². The summed E-state index contributed by atoms with van der Waals surface area (Å²) in [7, 11) is 0. The van der Waals surface area contributed by atoms with Gasteiger partial charge in [-0.1, -0.05) is 11.2 Å². The quantitative estimate of drug-likeness (QED) is 0.00996. The summed E-state index contributed by atoms with van der Waals surface area (Å²) in [5.41, 5.74) is 14.1. The van der Waals surface area contributed by atoms with Crippen LogP contribution in [-0.4, -0.2) is 97.2 Å². The van der Waals surface area contributed by atoms with E-state index in [9.17, 15) is 41.8 Å². The zero-order valence-corrected chi connectivity index (χ0v) is 32.7. The molecule has 320 valence electrons. The van der Waals surface area contributed by atoms with Crippen molar-refractivity contribution in [2.24, 2.45) is 5.11 Å². The highest BCUT2D eigenvalue weighted by Crippen LogP contribution is 2.47. The van der Waals surface area contributed by atoms with Crippen LogP contribution < -0.4 is 34.8 Å². The number of nitrogen functional groups attached to an aromatic ring is 1. The Kier molecular flexibility index (Phi) is 15.3. The highest BCUT2D eigenvalue weighted by atomic mass is 32.2. The molecular weight excluding hydrogens is 851 g/mol. The zero-order valence-electron chi connectivity index (χ0n) is 31.1. The molecule has 61 heavy (non-hydrogen) atoms. The number of benzene rings is 4. The number of aliphatic carboxylic acids is 1. The number of rotatable bonds is 21. The Labute approximate surface area is 347 Å². The van der Waals surface area contributed by atoms with Crippen molar-refractivity contribution < 1.29 is 73.9 Å². The third-order valence-electron chi connectivity index (χ3n) is 8.22. The van der Waals surface area contributed by atoms with Crippen LogP contribution in [0.2, 0.25) is 0 Å². The van der Waals surface area contributed by atoms with Crippen LogP contribution >= 0.6 is 0 Å². The van der Waals surface area contributed by atoms with Gasteiger partial charge < -0.3 is 53.6 Å². The van der Waals surface area contributed by atoms with Crippen LogP contribution in [0.15, 0.2) is 76.3 Å². The Morgan fingerprint density at radius 1 is 0.885 bits per heavy atom. The zero-order chi connectivity index (χ0) is 44.2. The number of hydrogen-bond donors (Lipinski definition) is 8. The van der Waals surface area contributed by atoms with Crippen molar-refractivity contribution in [2.45, 2.75) is 6.23 Å². The maximum atomic E-state index is 13.5. The predicted octanol–water partition coefficient (Wildman–Crippen LogP) is 3.29. The number of carboxylic acid groups (broad SMARTS) is 2. The molecule has 9 N–H and O–H groups in total. The van der Waals surface area contributed by atoms with Crippen molar-refractivity contribution in [3.63, 3.8) is 0 Å². The fourth-order valence-corrected chi connectivity index (χ4v) is 6.31.